The van der Waals surface area contributed by atoms with Crippen molar-refractivity contribution < 1.29 is 9.53 Å². The summed E-state index contributed by atoms with van der Waals surface area (Å²) in [5.74, 6) is -1.00. The van der Waals surface area contributed by atoms with E-state index in [-0.39, 0.29) is 19.8 Å². The smallest absolute Gasteiger partial charge is 0.227 e. The number of ether oxygens (including phenoxy) is 1. The number of nitrogen functional groups attached to an aromatic ring is 1. The Bertz CT molecular complexity index is 844. The topological polar surface area (TPSA) is 127 Å². The highest BCUT2D eigenvalue weighted by Gasteiger charge is 2.20. The van der Waals surface area contributed by atoms with Gasteiger partial charge in [0.1, 0.15) is 0 Å². The monoisotopic (exact) mass is 353 g/mol. The molecule has 26 heavy (non-hydrogen) atoms. The number of aryl methyl sites for hydroxylation is 2. The van der Waals surface area contributed by atoms with Crippen LogP contribution in [0.2, 0.25) is 0 Å². The van der Waals surface area contributed by atoms with Gasteiger partial charge in [0.25, 0.3) is 0 Å². The average molecular weight is 353 g/mol. The van der Waals surface area contributed by atoms with Crippen molar-refractivity contribution >= 4 is 11.6 Å². The summed E-state index contributed by atoms with van der Waals surface area (Å²) in [4.78, 5) is 14.5. The van der Waals surface area contributed by atoms with Crippen LogP contribution in [0.3, 0.4) is 0 Å². The molecule has 1 amide bonds. The number of carbonyl (C=O) groups is 1. The average Bonchev–Trinajstić information content (AvgIpc) is 2.61. The van der Waals surface area contributed by atoms with Gasteiger partial charge in [-0.3, -0.25) is 4.79 Å². The molecule has 0 bridgehead atoms. The molecule has 1 unspecified atom stereocenters. The summed E-state index contributed by atoms with van der Waals surface area (Å²) in [6.45, 7) is 4.53. The predicted molar refractivity (Wildman–Crippen MR) is 103 cm³/mol. The second kappa shape index (κ2) is 8.89. The summed E-state index contributed by atoms with van der Waals surface area (Å²) in [6.07, 6.45) is 0. The van der Waals surface area contributed by atoms with Crippen LogP contribution >= 0.6 is 0 Å². The van der Waals surface area contributed by atoms with E-state index in [1.165, 1.54) is 0 Å². The van der Waals surface area contributed by atoms with E-state index in [1.54, 1.807) is 0 Å². The third-order valence-corrected chi connectivity index (χ3v) is 4.28. The number of hydrogen-bond acceptors (Lipinski definition) is 4. The van der Waals surface area contributed by atoms with Gasteiger partial charge in [-0.25, -0.2) is 0 Å². The SMILES string of the molecule is Cc1cc(-c2ccc(C(COCCN=[N+]=[N-])C(N)=O)c(C)c2)ccc1N. The Morgan fingerprint density at radius 1 is 1.19 bits per heavy atom. The maximum atomic E-state index is 11.9. The maximum absolute atomic E-state index is 11.9. The van der Waals surface area contributed by atoms with Crippen LogP contribution in [0, 0.1) is 13.8 Å². The van der Waals surface area contributed by atoms with Crippen molar-refractivity contribution in [2.24, 2.45) is 10.8 Å². The fourth-order valence-electron chi connectivity index (χ4n) is 2.78. The second-order valence-electron chi connectivity index (χ2n) is 6.13. The first kappa shape index (κ1) is 19.3. The lowest BCUT2D eigenvalue weighted by Crippen LogP contribution is -2.26. The Morgan fingerprint density at radius 2 is 1.85 bits per heavy atom. The molecule has 4 N–H and O–H groups in total. The minimum atomic E-state index is -0.553. The van der Waals surface area contributed by atoms with Crippen LogP contribution in [0.1, 0.15) is 22.6 Å². The van der Waals surface area contributed by atoms with E-state index in [0.717, 1.165) is 33.5 Å². The fourth-order valence-corrected chi connectivity index (χ4v) is 2.78. The highest BCUT2D eigenvalue weighted by atomic mass is 16.5. The van der Waals surface area contributed by atoms with E-state index >= 15 is 0 Å². The molecule has 2 aromatic rings. The summed E-state index contributed by atoms with van der Waals surface area (Å²) in [6, 6.07) is 11.8. The Balaban J connectivity index is 2.21. The van der Waals surface area contributed by atoms with Gasteiger partial charge >= 0.3 is 0 Å². The number of primary amides is 1. The lowest BCUT2D eigenvalue weighted by atomic mass is 9.91. The second-order valence-corrected chi connectivity index (χ2v) is 6.13. The van der Waals surface area contributed by atoms with Gasteiger partial charge in [-0.1, -0.05) is 29.4 Å². The van der Waals surface area contributed by atoms with Crippen LogP contribution in [-0.2, 0) is 9.53 Å². The molecule has 0 aliphatic carbocycles. The Hall–Kier alpha value is -3.02. The van der Waals surface area contributed by atoms with Crippen molar-refractivity contribution in [1.29, 1.82) is 0 Å². The zero-order valence-corrected chi connectivity index (χ0v) is 15.0. The molecule has 7 heteroatoms. The van der Waals surface area contributed by atoms with Crippen molar-refractivity contribution in [1.82, 2.24) is 0 Å². The van der Waals surface area contributed by atoms with Crippen molar-refractivity contribution in [3.63, 3.8) is 0 Å². The minimum Gasteiger partial charge on any atom is -0.399 e. The van der Waals surface area contributed by atoms with Crippen LogP contribution in [0.4, 0.5) is 5.69 Å². The zero-order chi connectivity index (χ0) is 19.1. The van der Waals surface area contributed by atoms with Crippen LogP contribution in [0.15, 0.2) is 41.5 Å². The van der Waals surface area contributed by atoms with Crippen LogP contribution < -0.4 is 11.5 Å². The summed E-state index contributed by atoms with van der Waals surface area (Å²) >= 11 is 0. The van der Waals surface area contributed by atoms with Crippen LogP contribution in [0.25, 0.3) is 21.6 Å². The number of azide groups is 1. The normalized spacial score (nSPS) is 11.6. The highest BCUT2D eigenvalue weighted by Crippen LogP contribution is 2.28. The molecule has 0 aliphatic heterocycles. The van der Waals surface area contributed by atoms with Gasteiger partial charge in [0, 0.05) is 17.1 Å². The number of nitrogens with zero attached hydrogens (tertiary/aromatic N) is 3. The molecule has 0 heterocycles. The number of hydrogen-bond donors (Lipinski definition) is 2. The Kier molecular flexibility index (Phi) is 6.60. The molecule has 2 rings (SSSR count). The number of carbonyl (C=O) groups excluding carboxylic acids is 1. The molecule has 136 valence electrons. The molecule has 7 nitrogen and oxygen atoms in total. The first-order chi connectivity index (χ1) is 12.4. The lowest BCUT2D eigenvalue weighted by Gasteiger charge is -2.17. The number of anilines is 1. The molecular formula is C19H23N5O2. The van der Waals surface area contributed by atoms with E-state index in [0.29, 0.717) is 0 Å². The first-order valence-corrected chi connectivity index (χ1v) is 8.29. The molecule has 0 radical (unpaired) electrons. The summed E-state index contributed by atoms with van der Waals surface area (Å²) < 4.78 is 5.43. The van der Waals surface area contributed by atoms with Crippen molar-refractivity contribution in [2.75, 3.05) is 25.5 Å². The van der Waals surface area contributed by atoms with E-state index in [9.17, 15) is 4.79 Å². The number of rotatable bonds is 8. The zero-order valence-electron chi connectivity index (χ0n) is 15.0. The molecule has 2 aromatic carbocycles. The summed E-state index contributed by atoms with van der Waals surface area (Å²) in [5.41, 5.74) is 25.4. The summed E-state index contributed by atoms with van der Waals surface area (Å²) in [5, 5.41) is 3.39. The summed E-state index contributed by atoms with van der Waals surface area (Å²) in [7, 11) is 0. The van der Waals surface area contributed by atoms with Gasteiger partial charge in [-0.15, -0.1) is 0 Å². The molecular weight excluding hydrogens is 330 g/mol. The molecule has 0 fully saturated rings. The van der Waals surface area contributed by atoms with Crippen molar-refractivity contribution in [3.05, 3.63) is 63.5 Å². The van der Waals surface area contributed by atoms with E-state index in [2.05, 4.69) is 10.0 Å². The maximum Gasteiger partial charge on any atom is 0.227 e. The van der Waals surface area contributed by atoms with E-state index < -0.39 is 11.8 Å². The predicted octanol–water partition coefficient (Wildman–Crippen LogP) is 3.45. The first-order valence-electron chi connectivity index (χ1n) is 8.29. The standard InChI is InChI=1S/C19H23N5O2/c1-12-9-14(15-4-6-18(20)13(2)10-15)3-5-16(12)17(19(21)25)11-26-8-7-23-24-22/h3-6,9-10,17H,7-8,11,20H2,1-2H3,(H2,21,25). The van der Waals surface area contributed by atoms with Gasteiger partial charge in [0.2, 0.25) is 5.91 Å². The van der Waals surface area contributed by atoms with Gasteiger partial charge in [0.05, 0.1) is 19.1 Å². The molecule has 0 saturated heterocycles. The molecule has 0 saturated carbocycles. The van der Waals surface area contributed by atoms with E-state index in [1.807, 2.05) is 50.2 Å². The quantitative estimate of drug-likeness (QED) is 0.248. The van der Waals surface area contributed by atoms with Crippen molar-refractivity contribution in [3.8, 4) is 11.1 Å². The molecule has 0 aromatic heterocycles. The largest absolute Gasteiger partial charge is 0.399 e. The van der Waals surface area contributed by atoms with Crippen LogP contribution in [-0.4, -0.2) is 25.7 Å². The van der Waals surface area contributed by atoms with Crippen molar-refractivity contribution in [2.45, 2.75) is 19.8 Å². The minimum absolute atomic E-state index is 0.150. The number of nitrogens with two attached hydrogens (primary N) is 2. The van der Waals surface area contributed by atoms with E-state index in [4.69, 9.17) is 21.7 Å². The Morgan fingerprint density at radius 3 is 2.42 bits per heavy atom. The third-order valence-electron chi connectivity index (χ3n) is 4.28. The lowest BCUT2D eigenvalue weighted by molar-refractivity contribution is -0.120. The molecule has 0 spiro atoms. The fraction of sp³-hybridized carbons (Fsp3) is 0.316. The van der Waals surface area contributed by atoms with Crippen LogP contribution in [0.5, 0.6) is 0 Å². The third kappa shape index (κ3) is 4.75. The van der Waals surface area contributed by atoms with Gasteiger partial charge < -0.3 is 16.2 Å². The van der Waals surface area contributed by atoms with Gasteiger partial charge in [-0.2, -0.15) is 0 Å². The number of amides is 1. The van der Waals surface area contributed by atoms with Gasteiger partial charge in [-0.05, 0) is 59.3 Å². The molecule has 1 atom stereocenters. The number of benzene rings is 2. The highest BCUT2D eigenvalue weighted by molar-refractivity contribution is 5.83. The molecule has 0 aliphatic rings. The van der Waals surface area contributed by atoms with Gasteiger partial charge in [0.15, 0.2) is 0 Å². The Labute approximate surface area is 152 Å².